The fourth-order valence-electron chi connectivity index (χ4n) is 2.14. The van der Waals surface area contributed by atoms with E-state index in [1.54, 1.807) is 6.07 Å². The van der Waals surface area contributed by atoms with Crippen molar-refractivity contribution >= 4 is 17.3 Å². The average molecular weight is 280 g/mol. The minimum Gasteiger partial charge on any atom is -0.376 e. The maximum Gasteiger partial charge on any atom is 0.270 e. The normalized spacial score (nSPS) is 14.2. The number of nitro benzene ring substituents is 1. The lowest BCUT2D eigenvalue weighted by Gasteiger charge is -2.12. The van der Waals surface area contributed by atoms with Crippen LogP contribution in [0.2, 0.25) is 5.02 Å². The lowest BCUT2D eigenvalue weighted by Crippen LogP contribution is -2.08. The Morgan fingerprint density at radius 2 is 2.32 bits per heavy atom. The molecule has 6 nitrogen and oxygen atoms in total. The maximum atomic E-state index is 10.7. The Morgan fingerprint density at radius 1 is 1.47 bits per heavy atom. The summed E-state index contributed by atoms with van der Waals surface area (Å²) in [4.78, 5) is 10.2. The van der Waals surface area contributed by atoms with Crippen molar-refractivity contribution < 1.29 is 9.66 Å². The van der Waals surface area contributed by atoms with Gasteiger partial charge < -0.3 is 4.74 Å². The number of H-pyrrole nitrogens is 1. The second-order valence-corrected chi connectivity index (χ2v) is 4.66. The predicted molar refractivity (Wildman–Crippen MR) is 69.0 cm³/mol. The van der Waals surface area contributed by atoms with Crippen LogP contribution < -0.4 is 0 Å². The summed E-state index contributed by atoms with van der Waals surface area (Å²) < 4.78 is 5.41. The molecule has 1 aromatic heterocycles. The fraction of sp³-hybridized carbons (Fsp3) is 0.250. The first-order chi connectivity index (χ1) is 9.16. The monoisotopic (exact) mass is 279 g/mol. The van der Waals surface area contributed by atoms with Crippen molar-refractivity contribution in [3.05, 3.63) is 44.6 Å². The van der Waals surface area contributed by atoms with Crippen molar-refractivity contribution in [1.29, 1.82) is 0 Å². The molecule has 0 fully saturated rings. The zero-order valence-electron chi connectivity index (χ0n) is 9.85. The van der Waals surface area contributed by atoms with Crippen molar-refractivity contribution in [2.45, 2.75) is 13.0 Å². The van der Waals surface area contributed by atoms with Gasteiger partial charge in [-0.3, -0.25) is 15.2 Å². The van der Waals surface area contributed by atoms with Crippen molar-refractivity contribution in [2.24, 2.45) is 0 Å². The number of hydrogen-bond acceptors (Lipinski definition) is 4. The molecule has 0 saturated carbocycles. The van der Waals surface area contributed by atoms with Gasteiger partial charge >= 0.3 is 0 Å². The van der Waals surface area contributed by atoms with E-state index in [0.717, 1.165) is 17.7 Å². The summed E-state index contributed by atoms with van der Waals surface area (Å²) in [6.07, 6.45) is 0.785. The fourth-order valence-corrected chi connectivity index (χ4v) is 2.41. The number of ether oxygens (including phenoxy) is 1. The standard InChI is InChI=1S/C12H10ClN3O3/c13-10-5-7(16(17)18)1-2-8(10)12-9-6-19-4-3-11(9)14-15-12/h1-2,5H,3-4,6H2,(H,14,15). The molecule has 1 aliphatic rings. The highest BCUT2D eigenvalue weighted by Crippen LogP contribution is 2.34. The van der Waals surface area contributed by atoms with Gasteiger partial charge in [0.05, 0.1) is 28.9 Å². The number of nitro groups is 1. The van der Waals surface area contributed by atoms with Gasteiger partial charge in [-0.05, 0) is 6.07 Å². The zero-order chi connectivity index (χ0) is 13.4. The number of aromatic amines is 1. The van der Waals surface area contributed by atoms with E-state index >= 15 is 0 Å². The molecule has 1 aromatic carbocycles. The third kappa shape index (κ3) is 2.09. The highest BCUT2D eigenvalue weighted by atomic mass is 35.5. The molecule has 0 spiro atoms. The van der Waals surface area contributed by atoms with E-state index in [9.17, 15) is 10.1 Å². The average Bonchev–Trinajstić information content (AvgIpc) is 2.82. The molecular weight excluding hydrogens is 270 g/mol. The molecule has 0 saturated heterocycles. The summed E-state index contributed by atoms with van der Waals surface area (Å²) >= 11 is 6.11. The van der Waals surface area contributed by atoms with Gasteiger partial charge in [0.25, 0.3) is 5.69 Å². The summed E-state index contributed by atoms with van der Waals surface area (Å²) in [5, 5.41) is 18.2. The Morgan fingerprint density at radius 3 is 3.05 bits per heavy atom. The smallest absolute Gasteiger partial charge is 0.270 e. The van der Waals surface area contributed by atoms with Crippen LogP contribution >= 0.6 is 11.6 Å². The van der Waals surface area contributed by atoms with Gasteiger partial charge in [-0.2, -0.15) is 5.10 Å². The number of nitrogens with zero attached hydrogens (tertiary/aromatic N) is 2. The quantitative estimate of drug-likeness (QED) is 0.677. The van der Waals surface area contributed by atoms with E-state index in [1.807, 2.05) is 0 Å². The summed E-state index contributed by atoms with van der Waals surface area (Å²) in [5.74, 6) is 0. The molecule has 98 valence electrons. The molecule has 0 bridgehead atoms. The molecule has 0 atom stereocenters. The molecule has 0 aliphatic carbocycles. The Hall–Kier alpha value is -1.92. The van der Waals surface area contributed by atoms with Crippen LogP contribution in [0.5, 0.6) is 0 Å². The molecule has 1 N–H and O–H groups in total. The molecule has 0 radical (unpaired) electrons. The summed E-state index contributed by atoms with van der Waals surface area (Å²) in [7, 11) is 0. The predicted octanol–water partition coefficient (Wildman–Crippen LogP) is 2.71. The Kier molecular flexibility index (Phi) is 2.96. The topological polar surface area (TPSA) is 81.0 Å². The SMILES string of the molecule is O=[N+]([O-])c1ccc(-c2n[nH]c3c2COCC3)c(Cl)c1. The van der Waals surface area contributed by atoms with Crippen LogP contribution in [-0.4, -0.2) is 21.7 Å². The van der Waals surface area contributed by atoms with E-state index in [1.165, 1.54) is 12.1 Å². The van der Waals surface area contributed by atoms with E-state index in [2.05, 4.69) is 10.2 Å². The van der Waals surface area contributed by atoms with Crippen LogP contribution in [0.4, 0.5) is 5.69 Å². The van der Waals surface area contributed by atoms with Crippen LogP contribution in [0, 0.1) is 10.1 Å². The molecule has 0 amide bonds. The van der Waals surface area contributed by atoms with Crippen LogP contribution in [0.1, 0.15) is 11.3 Å². The highest BCUT2D eigenvalue weighted by molar-refractivity contribution is 6.33. The molecule has 1 aliphatic heterocycles. The van der Waals surface area contributed by atoms with Gasteiger partial charge in [0.1, 0.15) is 0 Å². The van der Waals surface area contributed by atoms with Gasteiger partial charge in [0.2, 0.25) is 0 Å². The molecule has 0 unspecified atom stereocenters. The number of nitrogens with one attached hydrogen (secondary N) is 1. The second kappa shape index (κ2) is 4.64. The van der Waals surface area contributed by atoms with Crippen LogP contribution in [0.25, 0.3) is 11.3 Å². The van der Waals surface area contributed by atoms with E-state index < -0.39 is 4.92 Å². The molecule has 19 heavy (non-hydrogen) atoms. The third-order valence-electron chi connectivity index (χ3n) is 3.11. The van der Waals surface area contributed by atoms with Crippen molar-refractivity contribution in [3.63, 3.8) is 0 Å². The first-order valence-electron chi connectivity index (χ1n) is 5.75. The number of rotatable bonds is 2. The van der Waals surface area contributed by atoms with Crippen molar-refractivity contribution in [1.82, 2.24) is 10.2 Å². The van der Waals surface area contributed by atoms with Crippen LogP contribution in [-0.2, 0) is 17.8 Å². The molecule has 2 aromatic rings. The number of aromatic nitrogens is 2. The lowest BCUT2D eigenvalue weighted by molar-refractivity contribution is -0.384. The van der Waals surface area contributed by atoms with Crippen molar-refractivity contribution in [3.8, 4) is 11.3 Å². The van der Waals surface area contributed by atoms with Gasteiger partial charge in [0.15, 0.2) is 0 Å². The second-order valence-electron chi connectivity index (χ2n) is 4.25. The first kappa shape index (κ1) is 12.1. The third-order valence-corrected chi connectivity index (χ3v) is 3.43. The lowest BCUT2D eigenvalue weighted by atomic mass is 10.0. The molecule has 7 heteroatoms. The molecule has 2 heterocycles. The highest BCUT2D eigenvalue weighted by Gasteiger charge is 2.21. The van der Waals surface area contributed by atoms with E-state index in [0.29, 0.717) is 29.5 Å². The Balaban J connectivity index is 2.07. The number of benzene rings is 1. The first-order valence-corrected chi connectivity index (χ1v) is 6.13. The van der Waals surface area contributed by atoms with Crippen LogP contribution in [0.3, 0.4) is 0 Å². The van der Waals surface area contributed by atoms with Gasteiger partial charge in [-0.15, -0.1) is 0 Å². The van der Waals surface area contributed by atoms with Crippen LogP contribution in [0.15, 0.2) is 18.2 Å². The van der Waals surface area contributed by atoms with Gasteiger partial charge in [-0.1, -0.05) is 11.6 Å². The van der Waals surface area contributed by atoms with Gasteiger partial charge in [0, 0.05) is 35.4 Å². The Bertz CT molecular complexity index is 654. The molecular formula is C12H10ClN3O3. The van der Waals surface area contributed by atoms with E-state index in [4.69, 9.17) is 16.3 Å². The zero-order valence-corrected chi connectivity index (χ0v) is 10.6. The minimum absolute atomic E-state index is 0.0330. The summed E-state index contributed by atoms with van der Waals surface area (Å²) in [6, 6.07) is 4.37. The largest absolute Gasteiger partial charge is 0.376 e. The number of halogens is 1. The summed E-state index contributed by atoms with van der Waals surface area (Å²) in [6.45, 7) is 1.15. The summed E-state index contributed by atoms with van der Waals surface area (Å²) in [5.41, 5.74) is 3.36. The number of non-ortho nitro benzene ring substituents is 1. The minimum atomic E-state index is -0.473. The number of hydrogen-bond donors (Lipinski definition) is 1. The van der Waals surface area contributed by atoms with Crippen molar-refractivity contribution in [2.75, 3.05) is 6.61 Å². The molecule has 3 rings (SSSR count). The van der Waals surface area contributed by atoms with E-state index in [-0.39, 0.29) is 5.69 Å². The van der Waals surface area contributed by atoms with Gasteiger partial charge in [-0.25, -0.2) is 0 Å². The maximum absolute atomic E-state index is 10.7. The Labute approximate surface area is 113 Å². The number of fused-ring (bicyclic) bond motifs is 1.